The minimum Gasteiger partial charge on any atom is -0.366 e. The van der Waals surface area contributed by atoms with E-state index in [0.29, 0.717) is 5.56 Å². The van der Waals surface area contributed by atoms with Gasteiger partial charge in [-0.3, -0.25) is 14.8 Å². The number of carbonyl (C=O) groups excluding carboxylic acids is 1. The van der Waals surface area contributed by atoms with E-state index in [1.54, 1.807) is 18.3 Å². The van der Waals surface area contributed by atoms with Gasteiger partial charge in [0.15, 0.2) is 0 Å². The highest BCUT2D eigenvalue weighted by Gasteiger charge is 2.20. The minimum atomic E-state index is -0.449. The Labute approximate surface area is 190 Å². The molecule has 1 aromatic carbocycles. The Hall–Kier alpha value is -4.26. The van der Waals surface area contributed by atoms with Gasteiger partial charge in [0.1, 0.15) is 5.76 Å². The molecule has 0 bridgehead atoms. The van der Waals surface area contributed by atoms with E-state index < -0.39 is 5.91 Å². The number of benzene rings is 1. The second kappa shape index (κ2) is 8.02. The predicted octanol–water partition coefficient (Wildman–Crippen LogP) is 5.08. The second-order valence-corrected chi connectivity index (χ2v) is 8.11. The molecule has 0 aliphatic rings. The third-order valence-electron chi connectivity index (χ3n) is 6.00. The van der Waals surface area contributed by atoms with E-state index in [1.165, 1.54) is 0 Å². The van der Waals surface area contributed by atoms with Crippen LogP contribution in [-0.2, 0) is 0 Å². The van der Waals surface area contributed by atoms with Gasteiger partial charge in [-0.2, -0.15) is 0 Å². The molecule has 1 unspecified atom stereocenters. The summed E-state index contributed by atoms with van der Waals surface area (Å²) in [7, 11) is 0. The standard InChI is InChI=1S/C26H23N5O2/c1-15-24(17(3)33-30-15)20-12-23-25(29-13-20)21(18-7-9-19(10-8-18)26(27)32)14-31(23)16(2)22-6-4-5-11-28-22/h4-14,16H,1-3H3,(H2,27,32). The molecule has 164 valence electrons. The first-order chi connectivity index (χ1) is 15.9. The lowest BCUT2D eigenvalue weighted by Gasteiger charge is -2.15. The molecule has 33 heavy (non-hydrogen) atoms. The van der Waals surface area contributed by atoms with Crippen LogP contribution in [0.15, 0.2) is 71.6 Å². The number of fused-ring (bicyclic) bond motifs is 1. The van der Waals surface area contributed by atoms with Crippen LogP contribution < -0.4 is 5.73 Å². The quantitative estimate of drug-likeness (QED) is 0.413. The summed E-state index contributed by atoms with van der Waals surface area (Å²) in [5.74, 6) is 0.307. The molecule has 2 N–H and O–H groups in total. The summed E-state index contributed by atoms with van der Waals surface area (Å²) in [6.07, 6.45) is 5.74. The number of hydrogen-bond donors (Lipinski definition) is 1. The number of nitrogens with zero attached hydrogens (tertiary/aromatic N) is 4. The van der Waals surface area contributed by atoms with Gasteiger partial charge in [0.25, 0.3) is 0 Å². The average Bonchev–Trinajstić information content (AvgIpc) is 3.38. The van der Waals surface area contributed by atoms with E-state index in [0.717, 1.165) is 50.4 Å². The predicted molar refractivity (Wildman–Crippen MR) is 127 cm³/mol. The monoisotopic (exact) mass is 437 g/mol. The number of nitrogens with two attached hydrogens (primary N) is 1. The van der Waals surface area contributed by atoms with E-state index in [-0.39, 0.29) is 6.04 Å². The number of aryl methyl sites for hydroxylation is 2. The number of pyridine rings is 2. The van der Waals surface area contributed by atoms with Crippen LogP contribution in [-0.4, -0.2) is 25.6 Å². The molecule has 0 saturated carbocycles. The van der Waals surface area contributed by atoms with Gasteiger partial charge in [-0.25, -0.2) is 0 Å². The van der Waals surface area contributed by atoms with Gasteiger partial charge in [-0.1, -0.05) is 23.4 Å². The summed E-state index contributed by atoms with van der Waals surface area (Å²) >= 11 is 0. The number of aromatic nitrogens is 4. The van der Waals surface area contributed by atoms with Crippen LogP contribution in [0.1, 0.15) is 40.5 Å². The van der Waals surface area contributed by atoms with Gasteiger partial charge in [-0.15, -0.1) is 0 Å². The maximum absolute atomic E-state index is 11.5. The molecule has 1 atom stereocenters. The molecule has 7 heteroatoms. The first-order valence-corrected chi connectivity index (χ1v) is 10.7. The first-order valence-electron chi connectivity index (χ1n) is 10.7. The molecule has 4 heterocycles. The second-order valence-electron chi connectivity index (χ2n) is 8.11. The smallest absolute Gasteiger partial charge is 0.248 e. The number of rotatable bonds is 5. The fraction of sp³-hybridized carbons (Fsp3) is 0.154. The lowest BCUT2D eigenvalue weighted by Crippen LogP contribution is -2.10. The van der Waals surface area contributed by atoms with Gasteiger partial charge in [0, 0.05) is 40.8 Å². The Balaban J connectivity index is 1.72. The van der Waals surface area contributed by atoms with Crippen LogP contribution in [0.2, 0.25) is 0 Å². The summed E-state index contributed by atoms with van der Waals surface area (Å²) in [5, 5.41) is 4.10. The van der Waals surface area contributed by atoms with Crippen molar-refractivity contribution in [3.8, 4) is 22.3 Å². The highest BCUT2D eigenvalue weighted by molar-refractivity contribution is 5.97. The zero-order valence-electron chi connectivity index (χ0n) is 18.6. The summed E-state index contributed by atoms with van der Waals surface area (Å²) in [6.45, 7) is 5.95. The van der Waals surface area contributed by atoms with Crippen LogP contribution >= 0.6 is 0 Å². The summed E-state index contributed by atoms with van der Waals surface area (Å²) < 4.78 is 7.57. The molecule has 0 saturated heterocycles. The first kappa shape index (κ1) is 20.6. The molecule has 0 spiro atoms. The van der Waals surface area contributed by atoms with Gasteiger partial charge in [-0.05, 0) is 56.7 Å². The van der Waals surface area contributed by atoms with Crippen molar-refractivity contribution in [3.63, 3.8) is 0 Å². The molecule has 5 rings (SSSR count). The maximum Gasteiger partial charge on any atom is 0.248 e. The highest BCUT2D eigenvalue weighted by Crippen LogP contribution is 2.36. The molecule has 0 fully saturated rings. The van der Waals surface area contributed by atoms with Crippen molar-refractivity contribution in [1.29, 1.82) is 0 Å². The average molecular weight is 438 g/mol. The van der Waals surface area contributed by atoms with Crippen LogP contribution in [0.3, 0.4) is 0 Å². The summed E-state index contributed by atoms with van der Waals surface area (Å²) in [5.41, 5.74) is 13.3. The zero-order chi connectivity index (χ0) is 23.1. The lowest BCUT2D eigenvalue weighted by atomic mass is 10.0. The van der Waals surface area contributed by atoms with E-state index in [2.05, 4.69) is 33.9 Å². The van der Waals surface area contributed by atoms with E-state index in [1.807, 2.05) is 50.4 Å². The Morgan fingerprint density at radius 1 is 1.06 bits per heavy atom. The number of amides is 1. The van der Waals surface area contributed by atoms with Crippen LogP contribution in [0.25, 0.3) is 33.3 Å². The van der Waals surface area contributed by atoms with Gasteiger partial charge in [0.2, 0.25) is 5.91 Å². The molecule has 1 amide bonds. The fourth-order valence-electron chi connectivity index (χ4n) is 4.27. The molecule has 4 aromatic heterocycles. The minimum absolute atomic E-state index is 0.0194. The molecule has 5 aromatic rings. The maximum atomic E-state index is 11.5. The summed E-state index contributed by atoms with van der Waals surface area (Å²) in [6, 6.07) is 15.3. The topological polar surface area (TPSA) is 99.8 Å². The Morgan fingerprint density at radius 3 is 2.48 bits per heavy atom. The highest BCUT2D eigenvalue weighted by atomic mass is 16.5. The molecular weight excluding hydrogens is 414 g/mol. The van der Waals surface area contributed by atoms with Crippen LogP contribution in [0.5, 0.6) is 0 Å². The SMILES string of the molecule is Cc1noc(C)c1-c1cnc2c(-c3ccc(C(N)=O)cc3)cn(C(C)c3ccccn3)c2c1. The Morgan fingerprint density at radius 2 is 1.85 bits per heavy atom. The molecule has 7 nitrogen and oxygen atoms in total. The third-order valence-corrected chi connectivity index (χ3v) is 6.00. The summed E-state index contributed by atoms with van der Waals surface area (Å²) in [4.78, 5) is 20.9. The van der Waals surface area contributed by atoms with Crippen molar-refractivity contribution in [2.45, 2.75) is 26.8 Å². The van der Waals surface area contributed by atoms with Crippen molar-refractivity contribution in [2.75, 3.05) is 0 Å². The Bertz CT molecular complexity index is 1450. The third kappa shape index (κ3) is 3.57. The number of primary amides is 1. The van der Waals surface area contributed by atoms with Gasteiger partial charge < -0.3 is 14.8 Å². The molecule has 0 aliphatic carbocycles. The Kier molecular flexibility index (Phi) is 5.01. The van der Waals surface area contributed by atoms with Gasteiger partial charge in [0.05, 0.1) is 28.5 Å². The van der Waals surface area contributed by atoms with Crippen molar-refractivity contribution >= 4 is 16.9 Å². The van der Waals surface area contributed by atoms with Crippen molar-refractivity contribution in [3.05, 3.63) is 89.8 Å². The van der Waals surface area contributed by atoms with E-state index in [9.17, 15) is 4.79 Å². The normalized spacial score (nSPS) is 12.2. The van der Waals surface area contributed by atoms with Crippen LogP contribution in [0.4, 0.5) is 0 Å². The molecular formula is C26H23N5O2. The fourth-order valence-corrected chi connectivity index (χ4v) is 4.27. The molecule has 0 radical (unpaired) electrons. The van der Waals surface area contributed by atoms with E-state index >= 15 is 0 Å². The zero-order valence-corrected chi connectivity index (χ0v) is 18.6. The lowest BCUT2D eigenvalue weighted by molar-refractivity contribution is 0.100. The van der Waals surface area contributed by atoms with Gasteiger partial charge >= 0.3 is 0 Å². The largest absolute Gasteiger partial charge is 0.366 e. The number of carbonyl (C=O) groups is 1. The molecule has 0 aliphatic heterocycles. The van der Waals surface area contributed by atoms with Crippen molar-refractivity contribution in [1.82, 2.24) is 19.7 Å². The van der Waals surface area contributed by atoms with Crippen LogP contribution in [0, 0.1) is 13.8 Å². The van der Waals surface area contributed by atoms with Crippen molar-refractivity contribution < 1.29 is 9.32 Å². The number of hydrogen-bond acceptors (Lipinski definition) is 5. The van der Waals surface area contributed by atoms with E-state index in [4.69, 9.17) is 15.2 Å². The van der Waals surface area contributed by atoms with Crippen molar-refractivity contribution in [2.24, 2.45) is 5.73 Å².